The lowest BCUT2D eigenvalue weighted by atomic mass is 9.98. The summed E-state index contributed by atoms with van der Waals surface area (Å²) in [5, 5.41) is 3.53. The molecule has 0 radical (unpaired) electrons. The van der Waals surface area contributed by atoms with Crippen LogP contribution < -0.4 is 5.32 Å². The molecule has 1 heterocycles. The van der Waals surface area contributed by atoms with Gasteiger partial charge in [-0.05, 0) is 30.2 Å². The Bertz CT molecular complexity index is 568. The lowest BCUT2D eigenvalue weighted by Gasteiger charge is -2.40. The van der Waals surface area contributed by atoms with Crippen LogP contribution in [0.3, 0.4) is 0 Å². The average molecular weight is 345 g/mol. The molecule has 2 aromatic carbocycles. The zero-order valence-corrected chi connectivity index (χ0v) is 13.9. The molecule has 3 heteroatoms. The third kappa shape index (κ3) is 3.37. The van der Waals surface area contributed by atoms with Crippen molar-refractivity contribution in [1.82, 2.24) is 10.2 Å². The van der Waals surface area contributed by atoms with Crippen molar-refractivity contribution in [2.75, 3.05) is 19.6 Å². The van der Waals surface area contributed by atoms with Crippen LogP contribution in [-0.4, -0.2) is 24.5 Å². The Hall–Kier alpha value is -1.16. The van der Waals surface area contributed by atoms with E-state index in [1.807, 2.05) is 0 Å². The molecule has 0 saturated carbocycles. The van der Waals surface area contributed by atoms with Crippen molar-refractivity contribution >= 4 is 15.9 Å². The summed E-state index contributed by atoms with van der Waals surface area (Å²) in [5.74, 6) is 0. The predicted octanol–water partition coefficient (Wildman–Crippen LogP) is 4.16. The van der Waals surface area contributed by atoms with Crippen molar-refractivity contribution in [3.63, 3.8) is 0 Å². The van der Waals surface area contributed by atoms with Crippen LogP contribution in [-0.2, 0) is 0 Å². The number of rotatable bonds is 3. The average Bonchev–Trinajstić information content (AvgIpc) is 2.56. The highest BCUT2D eigenvalue weighted by Gasteiger charge is 2.28. The first-order chi connectivity index (χ1) is 10.3. The van der Waals surface area contributed by atoms with Crippen LogP contribution >= 0.6 is 15.9 Å². The Morgan fingerprint density at radius 1 is 1.10 bits per heavy atom. The predicted molar refractivity (Wildman–Crippen MR) is 91.3 cm³/mol. The van der Waals surface area contributed by atoms with Gasteiger partial charge in [-0.15, -0.1) is 0 Å². The molecule has 1 saturated heterocycles. The fraction of sp³-hybridized carbons (Fsp3) is 0.333. The molecule has 1 aliphatic rings. The maximum absolute atomic E-state index is 3.53. The monoisotopic (exact) mass is 344 g/mol. The topological polar surface area (TPSA) is 15.3 Å². The van der Waals surface area contributed by atoms with E-state index in [2.05, 4.69) is 87.7 Å². The summed E-state index contributed by atoms with van der Waals surface area (Å²) >= 11 is 3.52. The Morgan fingerprint density at radius 2 is 1.81 bits per heavy atom. The van der Waals surface area contributed by atoms with E-state index in [9.17, 15) is 0 Å². The molecule has 21 heavy (non-hydrogen) atoms. The van der Waals surface area contributed by atoms with Gasteiger partial charge in [0, 0.05) is 36.2 Å². The maximum Gasteiger partial charge on any atom is 0.0479 e. The fourth-order valence-corrected chi connectivity index (χ4v) is 3.37. The molecule has 2 unspecified atom stereocenters. The van der Waals surface area contributed by atoms with Gasteiger partial charge in [-0.3, -0.25) is 4.90 Å². The molecule has 1 aliphatic heterocycles. The van der Waals surface area contributed by atoms with Gasteiger partial charge in [-0.1, -0.05) is 58.4 Å². The van der Waals surface area contributed by atoms with Crippen LogP contribution in [0.1, 0.15) is 30.1 Å². The lowest BCUT2D eigenvalue weighted by molar-refractivity contribution is 0.115. The summed E-state index contributed by atoms with van der Waals surface area (Å²) in [7, 11) is 0. The highest BCUT2D eigenvalue weighted by Crippen LogP contribution is 2.31. The zero-order valence-electron chi connectivity index (χ0n) is 12.3. The van der Waals surface area contributed by atoms with Gasteiger partial charge in [0.2, 0.25) is 0 Å². The van der Waals surface area contributed by atoms with Crippen molar-refractivity contribution in [2.24, 2.45) is 0 Å². The molecule has 3 rings (SSSR count). The Kier molecular flexibility index (Phi) is 4.73. The summed E-state index contributed by atoms with van der Waals surface area (Å²) in [6.07, 6.45) is 0. The molecular weight excluding hydrogens is 324 g/mol. The van der Waals surface area contributed by atoms with Crippen LogP contribution in [0.5, 0.6) is 0 Å². The van der Waals surface area contributed by atoms with Gasteiger partial charge in [0.25, 0.3) is 0 Å². The molecule has 0 amide bonds. The van der Waals surface area contributed by atoms with Gasteiger partial charge in [0.15, 0.2) is 0 Å². The largest absolute Gasteiger partial charge is 0.314 e. The number of benzene rings is 2. The number of hydrogen-bond donors (Lipinski definition) is 1. The second kappa shape index (κ2) is 6.73. The molecule has 2 aromatic rings. The van der Waals surface area contributed by atoms with Crippen LogP contribution in [0.2, 0.25) is 0 Å². The van der Waals surface area contributed by atoms with E-state index >= 15 is 0 Å². The summed E-state index contributed by atoms with van der Waals surface area (Å²) in [5.41, 5.74) is 2.77. The smallest absolute Gasteiger partial charge is 0.0479 e. The molecule has 0 aliphatic carbocycles. The minimum Gasteiger partial charge on any atom is -0.314 e. The summed E-state index contributed by atoms with van der Waals surface area (Å²) < 4.78 is 1.14. The number of piperazine rings is 1. The third-order valence-electron chi connectivity index (χ3n) is 4.32. The van der Waals surface area contributed by atoms with Gasteiger partial charge in [-0.25, -0.2) is 0 Å². The standard InChI is InChI=1S/C18H21BrN2/c1-14(15-7-9-17(19)10-8-15)21-12-11-20-13-18(21)16-5-3-2-4-6-16/h2-10,14,18,20H,11-13H2,1H3. The minimum atomic E-state index is 0.422. The van der Waals surface area contributed by atoms with E-state index in [1.165, 1.54) is 11.1 Å². The Balaban J connectivity index is 1.85. The molecule has 0 aromatic heterocycles. The minimum absolute atomic E-state index is 0.422. The highest BCUT2D eigenvalue weighted by molar-refractivity contribution is 9.10. The van der Waals surface area contributed by atoms with Gasteiger partial charge >= 0.3 is 0 Å². The molecule has 0 spiro atoms. The van der Waals surface area contributed by atoms with Crippen LogP contribution in [0.4, 0.5) is 0 Å². The first-order valence-corrected chi connectivity index (χ1v) is 8.32. The van der Waals surface area contributed by atoms with E-state index in [1.54, 1.807) is 0 Å². The molecule has 2 nitrogen and oxygen atoms in total. The summed E-state index contributed by atoms with van der Waals surface area (Å²) in [6, 6.07) is 20.4. The quantitative estimate of drug-likeness (QED) is 0.899. The number of nitrogens with one attached hydrogen (secondary N) is 1. The van der Waals surface area contributed by atoms with Crippen molar-refractivity contribution < 1.29 is 0 Å². The number of halogens is 1. The van der Waals surface area contributed by atoms with Crippen molar-refractivity contribution in [3.8, 4) is 0 Å². The second-order valence-corrected chi connectivity index (χ2v) is 6.51. The van der Waals surface area contributed by atoms with Crippen LogP contribution in [0.15, 0.2) is 59.1 Å². The third-order valence-corrected chi connectivity index (χ3v) is 4.85. The SMILES string of the molecule is CC(c1ccc(Br)cc1)N1CCNCC1c1ccccc1. The van der Waals surface area contributed by atoms with Crippen molar-refractivity contribution in [2.45, 2.75) is 19.0 Å². The van der Waals surface area contributed by atoms with E-state index in [0.717, 1.165) is 24.1 Å². The van der Waals surface area contributed by atoms with Gasteiger partial charge in [0.05, 0.1) is 0 Å². The number of hydrogen-bond acceptors (Lipinski definition) is 2. The normalized spacial score (nSPS) is 21.1. The second-order valence-electron chi connectivity index (χ2n) is 5.60. The van der Waals surface area contributed by atoms with Gasteiger partial charge in [0.1, 0.15) is 0 Å². The number of nitrogens with zero attached hydrogens (tertiary/aromatic N) is 1. The van der Waals surface area contributed by atoms with Crippen LogP contribution in [0.25, 0.3) is 0 Å². The molecule has 1 fully saturated rings. The van der Waals surface area contributed by atoms with Gasteiger partial charge in [-0.2, -0.15) is 0 Å². The summed E-state index contributed by atoms with van der Waals surface area (Å²) in [6.45, 7) is 5.47. The van der Waals surface area contributed by atoms with Crippen molar-refractivity contribution in [1.29, 1.82) is 0 Å². The first kappa shape index (κ1) is 14.8. The fourth-order valence-electron chi connectivity index (χ4n) is 3.10. The lowest BCUT2D eigenvalue weighted by Crippen LogP contribution is -2.46. The Labute approximate surface area is 135 Å². The van der Waals surface area contributed by atoms with Crippen molar-refractivity contribution in [3.05, 3.63) is 70.2 Å². The maximum atomic E-state index is 3.53. The van der Waals surface area contributed by atoms with E-state index < -0.39 is 0 Å². The molecule has 2 atom stereocenters. The van der Waals surface area contributed by atoms with Gasteiger partial charge < -0.3 is 5.32 Å². The first-order valence-electron chi connectivity index (χ1n) is 7.52. The highest BCUT2D eigenvalue weighted by atomic mass is 79.9. The molecular formula is C18H21BrN2. The Morgan fingerprint density at radius 3 is 2.52 bits per heavy atom. The molecule has 1 N–H and O–H groups in total. The molecule has 110 valence electrons. The van der Waals surface area contributed by atoms with Crippen LogP contribution in [0, 0.1) is 0 Å². The summed E-state index contributed by atoms with van der Waals surface area (Å²) in [4.78, 5) is 2.61. The van der Waals surface area contributed by atoms with E-state index in [0.29, 0.717) is 12.1 Å². The zero-order chi connectivity index (χ0) is 14.7. The van der Waals surface area contributed by atoms with E-state index in [4.69, 9.17) is 0 Å². The van der Waals surface area contributed by atoms with E-state index in [-0.39, 0.29) is 0 Å². The molecule has 0 bridgehead atoms.